The fourth-order valence-corrected chi connectivity index (χ4v) is 4.48. The van der Waals surface area contributed by atoms with Crippen LogP contribution in [0.3, 0.4) is 0 Å². The van der Waals surface area contributed by atoms with Crippen LogP contribution in [0.1, 0.15) is 16.8 Å². The molecule has 3 aromatic carbocycles. The molecule has 4 rings (SSSR count). The standard InChI is InChI=1S/C25H24Cl2N2/c1-17-20(13-14-29(2)16-18-7-4-3-5-8-18)25-22(9-6-10-24(25)28-17)21-12-11-19(26)15-23(21)27/h3-12,15,28H,13-14,16H2,1-2H3. The van der Waals surface area contributed by atoms with Gasteiger partial charge in [0.1, 0.15) is 0 Å². The van der Waals surface area contributed by atoms with Crippen LogP contribution in [-0.4, -0.2) is 23.5 Å². The van der Waals surface area contributed by atoms with Crippen molar-refractivity contribution in [3.8, 4) is 11.1 Å². The van der Waals surface area contributed by atoms with E-state index >= 15 is 0 Å². The second kappa shape index (κ2) is 8.62. The molecule has 0 spiro atoms. The highest BCUT2D eigenvalue weighted by Gasteiger charge is 2.16. The van der Waals surface area contributed by atoms with E-state index in [9.17, 15) is 0 Å². The molecule has 29 heavy (non-hydrogen) atoms. The van der Waals surface area contributed by atoms with E-state index in [1.54, 1.807) is 0 Å². The molecule has 0 aliphatic carbocycles. The van der Waals surface area contributed by atoms with Crippen LogP contribution in [0.2, 0.25) is 10.0 Å². The zero-order valence-electron chi connectivity index (χ0n) is 16.7. The maximum atomic E-state index is 6.54. The zero-order valence-corrected chi connectivity index (χ0v) is 18.2. The van der Waals surface area contributed by atoms with Gasteiger partial charge in [-0.25, -0.2) is 0 Å². The predicted octanol–water partition coefficient (Wildman–Crippen LogP) is 7.12. The summed E-state index contributed by atoms with van der Waals surface area (Å²) in [5.41, 5.74) is 7.20. The van der Waals surface area contributed by atoms with Gasteiger partial charge in [-0.3, -0.25) is 0 Å². The van der Waals surface area contributed by atoms with Crippen LogP contribution < -0.4 is 0 Å². The minimum absolute atomic E-state index is 0.652. The first kappa shape index (κ1) is 20.0. The number of hydrogen-bond acceptors (Lipinski definition) is 1. The summed E-state index contributed by atoms with van der Waals surface area (Å²) in [6, 6.07) is 22.7. The van der Waals surface area contributed by atoms with Crippen LogP contribution in [0.15, 0.2) is 66.7 Å². The summed E-state index contributed by atoms with van der Waals surface area (Å²) in [6.45, 7) is 4.07. The van der Waals surface area contributed by atoms with Gasteiger partial charge in [-0.2, -0.15) is 0 Å². The van der Waals surface area contributed by atoms with Crippen molar-refractivity contribution >= 4 is 34.1 Å². The summed E-state index contributed by atoms with van der Waals surface area (Å²) in [6.07, 6.45) is 0.970. The van der Waals surface area contributed by atoms with Crippen LogP contribution in [-0.2, 0) is 13.0 Å². The number of hydrogen-bond donors (Lipinski definition) is 1. The Labute approximate surface area is 182 Å². The fraction of sp³-hybridized carbons (Fsp3) is 0.200. The quantitative estimate of drug-likeness (QED) is 0.350. The molecular formula is C25H24Cl2N2. The number of aryl methyl sites for hydroxylation is 1. The van der Waals surface area contributed by atoms with Gasteiger partial charge in [0.15, 0.2) is 0 Å². The topological polar surface area (TPSA) is 19.0 Å². The van der Waals surface area contributed by atoms with E-state index in [2.05, 4.69) is 72.4 Å². The number of fused-ring (bicyclic) bond motifs is 1. The Bertz CT molecular complexity index is 1130. The van der Waals surface area contributed by atoms with Crippen LogP contribution in [0.25, 0.3) is 22.0 Å². The van der Waals surface area contributed by atoms with E-state index in [4.69, 9.17) is 23.2 Å². The molecule has 0 bridgehead atoms. The third-order valence-corrected chi connectivity index (χ3v) is 5.95. The van der Waals surface area contributed by atoms with E-state index in [1.807, 2.05) is 18.2 Å². The lowest BCUT2D eigenvalue weighted by molar-refractivity contribution is 0.331. The first-order valence-corrected chi connectivity index (χ1v) is 10.6. The number of likely N-dealkylation sites (N-methyl/N-ethyl adjacent to an activating group) is 1. The van der Waals surface area contributed by atoms with Crippen LogP contribution in [0, 0.1) is 6.92 Å². The van der Waals surface area contributed by atoms with Crippen molar-refractivity contribution in [3.63, 3.8) is 0 Å². The smallest absolute Gasteiger partial charge is 0.0499 e. The second-order valence-corrected chi connectivity index (χ2v) is 8.40. The molecule has 4 heteroatoms. The Morgan fingerprint density at radius 3 is 2.45 bits per heavy atom. The second-order valence-electron chi connectivity index (χ2n) is 7.55. The van der Waals surface area contributed by atoms with E-state index in [0.717, 1.165) is 36.2 Å². The molecule has 0 saturated carbocycles. The molecule has 0 unspecified atom stereocenters. The molecule has 2 nitrogen and oxygen atoms in total. The molecule has 4 aromatic rings. The Kier molecular flexibility index (Phi) is 5.96. The number of aromatic nitrogens is 1. The van der Waals surface area contributed by atoms with Crippen molar-refractivity contribution < 1.29 is 0 Å². The van der Waals surface area contributed by atoms with Crippen LogP contribution >= 0.6 is 23.2 Å². The van der Waals surface area contributed by atoms with Crippen molar-refractivity contribution in [1.29, 1.82) is 0 Å². The summed E-state index contributed by atoms with van der Waals surface area (Å²) in [7, 11) is 2.17. The monoisotopic (exact) mass is 422 g/mol. The summed E-state index contributed by atoms with van der Waals surface area (Å²) < 4.78 is 0. The van der Waals surface area contributed by atoms with E-state index in [1.165, 1.54) is 22.2 Å². The van der Waals surface area contributed by atoms with Crippen molar-refractivity contribution in [2.75, 3.05) is 13.6 Å². The van der Waals surface area contributed by atoms with Crippen LogP contribution in [0.5, 0.6) is 0 Å². The Morgan fingerprint density at radius 1 is 0.897 bits per heavy atom. The molecule has 0 radical (unpaired) electrons. The Balaban J connectivity index is 1.65. The van der Waals surface area contributed by atoms with Gasteiger partial charge >= 0.3 is 0 Å². The highest BCUT2D eigenvalue weighted by atomic mass is 35.5. The maximum absolute atomic E-state index is 6.54. The normalized spacial score (nSPS) is 11.5. The lowest BCUT2D eigenvalue weighted by Crippen LogP contribution is -2.20. The zero-order chi connectivity index (χ0) is 20.4. The van der Waals surface area contributed by atoms with E-state index in [0.29, 0.717) is 10.0 Å². The SMILES string of the molecule is Cc1[nH]c2cccc(-c3ccc(Cl)cc3Cl)c2c1CCN(C)Cc1ccccc1. The fourth-order valence-electron chi connectivity index (χ4n) is 3.97. The lowest BCUT2D eigenvalue weighted by atomic mass is 9.97. The first-order valence-electron chi connectivity index (χ1n) is 9.81. The van der Waals surface area contributed by atoms with Gasteiger partial charge in [0.2, 0.25) is 0 Å². The van der Waals surface area contributed by atoms with Gasteiger partial charge in [-0.15, -0.1) is 0 Å². The summed E-state index contributed by atoms with van der Waals surface area (Å²) >= 11 is 12.7. The van der Waals surface area contributed by atoms with Gasteiger partial charge in [0.25, 0.3) is 0 Å². The lowest BCUT2D eigenvalue weighted by Gasteiger charge is -2.17. The minimum Gasteiger partial charge on any atom is -0.358 e. The number of H-pyrrole nitrogens is 1. The number of aromatic amines is 1. The highest BCUT2D eigenvalue weighted by Crippen LogP contribution is 2.37. The molecule has 0 fully saturated rings. The van der Waals surface area contributed by atoms with Gasteiger partial charge in [0, 0.05) is 45.3 Å². The minimum atomic E-state index is 0.652. The van der Waals surface area contributed by atoms with E-state index < -0.39 is 0 Å². The third kappa shape index (κ3) is 4.35. The molecule has 1 aromatic heterocycles. The molecular weight excluding hydrogens is 399 g/mol. The summed E-state index contributed by atoms with van der Waals surface area (Å²) in [4.78, 5) is 5.92. The van der Waals surface area contributed by atoms with Crippen molar-refractivity contribution in [1.82, 2.24) is 9.88 Å². The molecule has 0 aliphatic heterocycles. The van der Waals surface area contributed by atoms with E-state index in [-0.39, 0.29) is 0 Å². The summed E-state index contributed by atoms with van der Waals surface area (Å²) in [5, 5.41) is 2.58. The molecule has 1 N–H and O–H groups in total. The number of benzene rings is 3. The number of halogens is 2. The summed E-state index contributed by atoms with van der Waals surface area (Å²) in [5.74, 6) is 0. The molecule has 148 valence electrons. The van der Waals surface area contributed by atoms with Gasteiger partial charge in [0.05, 0.1) is 0 Å². The average Bonchev–Trinajstić information content (AvgIpc) is 3.02. The maximum Gasteiger partial charge on any atom is 0.0499 e. The predicted molar refractivity (Wildman–Crippen MR) is 125 cm³/mol. The van der Waals surface area contributed by atoms with Gasteiger partial charge in [-0.05, 0) is 55.3 Å². The Morgan fingerprint density at radius 2 is 1.69 bits per heavy atom. The van der Waals surface area contributed by atoms with Crippen LogP contribution in [0.4, 0.5) is 0 Å². The van der Waals surface area contributed by atoms with Crippen molar-refractivity contribution in [3.05, 3.63) is 93.6 Å². The largest absolute Gasteiger partial charge is 0.358 e. The first-order chi connectivity index (χ1) is 14.0. The Hall–Kier alpha value is -2.26. The van der Waals surface area contributed by atoms with Gasteiger partial charge in [-0.1, -0.05) is 71.7 Å². The van der Waals surface area contributed by atoms with Crippen molar-refractivity contribution in [2.45, 2.75) is 19.9 Å². The molecule has 0 aliphatic rings. The molecule has 0 saturated heterocycles. The number of nitrogens with one attached hydrogen (secondary N) is 1. The third-order valence-electron chi connectivity index (χ3n) is 5.40. The molecule has 0 amide bonds. The number of nitrogens with zero attached hydrogens (tertiary/aromatic N) is 1. The number of rotatable bonds is 6. The van der Waals surface area contributed by atoms with Crippen molar-refractivity contribution in [2.24, 2.45) is 0 Å². The highest BCUT2D eigenvalue weighted by molar-refractivity contribution is 6.36. The molecule has 0 atom stereocenters. The average molecular weight is 423 g/mol. The molecule has 1 heterocycles. The van der Waals surface area contributed by atoms with Gasteiger partial charge < -0.3 is 9.88 Å².